The van der Waals surface area contributed by atoms with Crippen LogP contribution in [0.1, 0.15) is 226 Å². The summed E-state index contributed by atoms with van der Waals surface area (Å²) in [5, 5.41) is 0. The van der Waals surface area contributed by atoms with Gasteiger partial charge in [0.1, 0.15) is 19.8 Å². The Hall–Kier alpha value is -1.51. The van der Waals surface area contributed by atoms with Crippen molar-refractivity contribution in [3.8, 4) is 0 Å². The van der Waals surface area contributed by atoms with Gasteiger partial charge in [0.15, 0.2) is 6.10 Å². The first kappa shape index (κ1) is 57.5. The van der Waals surface area contributed by atoms with E-state index < -0.39 is 26.5 Å². The maximum absolute atomic E-state index is 12.7. The molecule has 0 rings (SSSR count). The average Bonchev–Trinajstić information content (AvgIpc) is 3.19. The van der Waals surface area contributed by atoms with Crippen LogP contribution in [0, 0.1) is 0 Å². The molecule has 0 amide bonds. The molecule has 0 bridgehead atoms. The Morgan fingerprint density at radius 3 is 1.34 bits per heavy atom. The van der Waals surface area contributed by atoms with Crippen molar-refractivity contribution in [1.82, 2.24) is 0 Å². The van der Waals surface area contributed by atoms with E-state index in [9.17, 15) is 19.0 Å². The Bertz CT molecular complexity index is 1060. The molecule has 0 fully saturated rings. The summed E-state index contributed by atoms with van der Waals surface area (Å²) in [4.78, 5) is 37.5. The lowest BCUT2D eigenvalue weighted by Gasteiger charge is -2.28. The van der Waals surface area contributed by atoms with Gasteiger partial charge in [-0.05, 0) is 44.9 Å². The summed E-state index contributed by atoms with van der Waals surface area (Å²) in [6, 6.07) is 0. The van der Waals surface area contributed by atoms with Gasteiger partial charge < -0.3 is 27.9 Å². The van der Waals surface area contributed by atoms with E-state index in [1.165, 1.54) is 148 Å². The van der Waals surface area contributed by atoms with Gasteiger partial charge in [0.2, 0.25) is 0 Å². The van der Waals surface area contributed by atoms with E-state index >= 15 is 0 Å². The van der Waals surface area contributed by atoms with Gasteiger partial charge in [0, 0.05) is 12.8 Å². The Labute approximate surface area is 364 Å². The van der Waals surface area contributed by atoms with Gasteiger partial charge in [-0.3, -0.25) is 14.2 Å². The Morgan fingerprint density at radius 1 is 0.525 bits per heavy atom. The van der Waals surface area contributed by atoms with Gasteiger partial charge in [-0.25, -0.2) is 0 Å². The van der Waals surface area contributed by atoms with Gasteiger partial charge in [0.05, 0.1) is 27.7 Å². The minimum absolute atomic E-state index is 0.0286. The molecule has 0 aliphatic heterocycles. The van der Waals surface area contributed by atoms with Crippen LogP contribution in [-0.4, -0.2) is 70.0 Å². The molecule has 59 heavy (non-hydrogen) atoms. The highest BCUT2D eigenvalue weighted by Gasteiger charge is 2.21. The maximum Gasteiger partial charge on any atom is 0.306 e. The van der Waals surface area contributed by atoms with Crippen molar-refractivity contribution < 1.29 is 42.1 Å². The number of likely N-dealkylation sites (N-methyl/N-ethyl adjacent to an activating group) is 1. The third-order valence-electron chi connectivity index (χ3n) is 10.7. The fourth-order valence-electron chi connectivity index (χ4n) is 6.86. The van der Waals surface area contributed by atoms with Crippen LogP contribution in [0.25, 0.3) is 0 Å². The molecule has 2 atom stereocenters. The standard InChI is InChI=1S/C49H94NO8P/c1-6-8-10-12-14-16-18-19-20-21-22-23-24-25-26-27-28-29-30-31-32-34-36-38-40-42-49(52)58-47(46-57-59(53,54)56-44-43-50(3,4)5)45-55-48(51)41-39-37-35-33-17-15-13-11-9-7-2/h18-19,21-22,47H,6-17,20,23-46H2,1-5H3/b19-18-,22-21-. The molecular formula is C49H94NO8P. The van der Waals surface area contributed by atoms with Crippen molar-refractivity contribution in [3.05, 3.63) is 24.3 Å². The quantitative estimate of drug-likeness (QED) is 0.0196. The number of rotatable bonds is 45. The van der Waals surface area contributed by atoms with Crippen molar-refractivity contribution in [2.45, 2.75) is 232 Å². The minimum Gasteiger partial charge on any atom is -0.756 e. The summed E-state index contributed by atoms with van der Waals surface area (Å²) in [6.45, 7) is 4.22. The summed E-state index contributed by atoms with van der Waals surface area (Å²) in [5.74, 6) is -0.828. The molecule has 10 heteroatoms. The molecule has 0 aromatic carbocycles. The Kier molecular flexibility index (Phi) is 40.8. The fraction of sp³-hybridized carbons (Fsp3) is 0.878. The largest absolute Gasteiger partial charge is 0.756 e. The maximum atomic E-state index is 12.7. The van der Waals surface area contributed by atoms with Crippen molar-refractivity contribution in [2.75, 3.05) is 47.5 Å². The molecule has 348 valence electrons. The molecule has 0 saturated heterocycles. The number of nitrogens with zero attached hydrogens (tertiary/aromatic N) is 1. The minimum atomic E-state index is -4.62. The first-order valence-electron chi connectivity index (χ1n) is 24.5. The summed E-state index contributed by atoms with van der Waals surface area (Å²) in [7, 11) is 1.17. The second-order valence-electron chi connectivity index (χ2n) is 17.8. The summed E-state index contributed by atoms with van der Waals surface area (Å²) >= 11 is 0. The van der Waals surface area contributed by atoms with Crippen LogP contribution in [0.3, 0.4) is 0 Å². The van der Waals surface area contributed by atoms with E-state index in [4.69, 9.17) is 18.5 Å². The molecule has 0 aromatic rings. The van der Waals surface area contributed by atoms with Crippen LogP contribution in [0.15, 0.2) is 24.3 Å². The van der Waals surface area contributed by atoms with E-state index in [0.29, 0.717) is 17.4 Å². The molecule has 0 aromatic heterocycles. The molecule has 0 saturated carbocycles. The molecule has 0 heterocycles. The highest BCUT2D eigenvalue weighted by molar-refractivity contribution is 7.45. The van der Waals surface area contributed by atoms with Gasteiger partial charge in [-0.1, -0.05) is 192 Å². The number of ether oxygens (including phenoxy) is 2. The monoisotopic (exact) mass is 856 g/mol. The zero-order valence-corrected chi connectivity index (χ0v) is 40.1. The first-order valence-corrected chi connectivity index (χ1v) is 26.0. The van der Waals surface area contributed by atoms with E-state index in [1.54, 1.807) is 0 Å². The third-order valence-corrected chi connectivity index (χ3v) is 11.7. The lowest BCUT2D eigenvalue weighted by molar-refractivity contribution is -0.870. The van der Waals surface area contributed by atoms with Crippen molar-refractivity contribution >= 4 is 19.8 Å². The van der Waals surface area contributed by atoms with Gasteiger partial charge in [-0.15, -0.1) is 0 Å². The summed E-state index contributed by atoms with van der Waals surface area (Å²) in [6.07, 6.45) is 46.4. The smallest absolute Gasteiger partial charge is 0.306 e. The average molecular weight is 856 g/mol. The first-order chi connectivity index (χ1) is 28.5. The molecular weight excluding hydrogens is 762 g/mol. The lowest BCUT2D eigenvalue weighted by atomic mass is 10.0. The molecule has 2 unspecified atom stereocenters. The molecule has 0 radical (unpaired) electrons. The van der Waals surface area contributed by atoms with Crippen LogP contribution < -0.4 is 4.89 Å². The highest BCUT2D eigenvalue weighted by atomic mass is 31.2. The molecule has 9 nitrogen and oxygen atoms in total. The number of phosphoric acid groups is 1. The number of unbranched alkanes of at least 4 members (excludes halogenated alkanes) is 27. The van der Waals surface area contributed by atoms with Crippen LogP contribution in [0.2, 0.25) is 0 Å². The van der Waals surface area contributed by atoms with Crippen LogP contribution >= 0.6 is 7.82 Å². The molecule has 0 spiro atoms. The second kappa shape index (κ2) is 41.8. The van der Waals surface area contributed by atoms with Crippen molar-refractivity contribution in [2.24, 2.45) is 0 Å². The number of esters is 2. The predicted molar refractivity (Wildman–Crippen MR) is 245 cm³/mol. The SMILES string of the molecule is CCCCCCC/C=C\C/C=C\CCCCCCCCCCCCCCCC(=O)OC(COC(=O)CCCCCCCCCCCC)COP(=O)([O-])OCC[N+](C)(C)C. The molecule has 0 N–H and O–H groups in total. The van der Waals surface area contributed by atoms with Crippen molar-refractivity contribution in [3.63, 3.8) is 0 Å². The Morgan fingerprint density at radius 2 is 0.915 bits per heavy atom. The molecule has 0 aliphatic rings. The zero-order valence-electron chi connectivity index (χ0n) is 39.2. The normalized spacial score (nSPS) is 13.7. The van der Waals surface area contributed by atoms with Gasteiger partial charge >= 0.3 is 11.9 Å². The topological polar surface area (TPSA) is 111 Å². The number of phosphoric ester groups is 1. The zero-order chi connectivity index (χ0) is 43.6. The molecule has 0 aliphatic carbocycles. The fourth-order valence-corrected chi connectivity index (χ4v) is 7.59. The second-order valence-corrected chi connectivity index (χ2v) is 19.2. The van der Waals surface area contributed by atoms with E-state index in [0.717, 1.165) is 44.9 Å². The highest BCUT2D eigenvalue weighted by Crippen LogP contribution is 2.38. The number of quaternary nitrogens is 1. The number of allylic oxidation sites excluding steroid dienone is 4. The van der Waals surface area contributed by atoms with Gasteiger partial charge in [-0.2, -0.15) is 0 Å². The number of carbonyl (C=O) groups is 2. The van der Waals surface area contributed by atoms with Crippen molar-refractivity contribution in [1.29, 1.82) is 0 Å². The van der Waals surface area contributed by atoms with E-state index in [2.05, 4.69) is 38.2 Å². The van der Waals surface area contributed by atoms with E-state index in [-0.39, 0.29) is 32.0 Å². The summed E-state index contributed by atoms with van der Waals surface area (Å²) in [5.41, 5.74) is 0. The number of hydrogen-bond donors (Lipinski definition) is 0. The summed E-state index contributed by atoms with van der Waals surface area (Å²) < 4.78 is 33.9. The number of hydrogen-bond acceptors (Lipinski definition) is 8. The van der Waals surface area contributed by atoms with Crippen LogP contribution in [0.5, 0.6) is 0 Å². The lowest BCUT2D eigenvalue weighted by Crippen LogP contribution is -2.37. The third kappa shape index (κ3) is 45.8. The van der Waals surface area contributed by atoms with Crippen LogP contribution in [-0.2, 0) is 32.7 Å². The predicted octanol–water partition coefficient (Wildman–Crippen LogP) is 13.7. The Balaban J connectivity index is 4.14. The number of carbonyl (C=O) groups excluding carboxylic acids is 2. The van der Waals surface area contributed by atoms with E-state index in [1.807, 2.05) is 21.1 Å². The van der Waals surface area contributed by atoms with Gasteiger partial charge in [0.25, 0.3) is 7.82 Å². The van der Waals surface area contributed by atoms with Crippen LogP contribution in [0.4, 0.5) is 0 Å².